The number of benzene rings is 1. The molecule has 106 valence electrons. The Morgan fingerprint density at radius 2 is 2.15 bits per heavy atom. The molecule has 1 heterocycles. The molecule has 0 radical (unpaired) electrons. The number of anilines is 1. The highest BCUT2D eigenvalue weighted by Gasteiger charge is 2.14. The number of hydrogen-bond acceptors (Lipinski definition) is 3. The van der Waals surface area contributed by atoms with Crippen molar-refractivity contribution in [1.29, 1.82) is 0 Å². The summed E-state index contributed by atoms with van der Waals surface area (Å²) >= 11 is 0. The first-order valence-electron chi connectivity index (χ1n) is 5.98. The smallest absolute Gasteiger partial charge is 0.387 e. The van der Waals surface area contributed by atoms with E-state index < -0.39 is 12.5 Å². The van der Waals surface area contributed by atoms with Gasteiger partial charge in [-0.2, -0.15) is 13.9 Å². The number of ether oxygens (including phenoxy) is 1. The molecule has 0 unspecified atom stereocenters. The average Bonchev–Trinajstić information content (AvgIpc) is 2.89. The summed E-state index contributed by atoms with van der Waals surface area (Å²) in [5, 5.41) is 6.53. The molecule has 2 rings (SSSR count). The third kappa shape index (κ3) is 3.31. The first kappa shape index (κ1) is 14.0. The van der Waals surface area contributed by atoms with Gasteiger partial charge >= 0.3 is 6.61 Å². The van der Waals surface area contributed by atoms with Gasteiger partial charge in [-0.25, -0.2) is 0 Å². The summed E-state index contributed by atoms with van der Waals surface area (Å²) in [5.74, 6) is -0.576. The summed E-state index contributed by atoms with van der Waals surface area (Å²) in [7, 11) is 0. The van der Waals surface area contributed by atoms with E-state index in [0.717, 1.165) is 0 Å². The Hall–Kier alpha value is -2.44. The zero-order chi connectivity index (χ0) is 14.5. The molecule has 7 heteroatoms. The zero-order valence-electron chi connectivity index (χ0n) is 10.7. The molecule has 0 aliphatic carbocycles. The number of para-hydroxylation sites is 2. The van der Waals surface area contributed by atoms with Crippen LogP contribution in [0.3, 0.4) is 0 Å². The highest BCUT2D eigenvalue weighted by molar-refractivity contribution is 6.03. The SMILES string of the molecule is CCn1ccc(C(=O)Nc2ccccc2OC(F)F)n1. The lowest BCUT2D eigenvalue weighted by Gasteiger charge is -2.10. The van der Waals surface area contributed by atoms with Gasteiger partial charge in [0.2, 0.25) is 0 Å². The molecule has 20 heavy (non-hydrogen) atoms. The zero-order valence-corrected chi connectivity index (χ0v) is 10.7. The second kappa shape index (κ2) is 6.14. The van der Waals surface area contributed by atoms with Gasteiger partial charge in [-0.1, -0.05) is 12.1 Å². The van der Waals surface area contributed by atoms with E-state index >= 15 is 0 Å². The minimum Gasteiger partial charge on any atom is -0.433 e. The number of alkyl halides is 2. The highest BCUT2D eigenvalue weighted by Crippen LogP contribution is 2.25. The van der Waals surface area contributed by atoms with Gasteiger partial charge in [-0.15, -0.1) is 0 Å². The molecular formula is C13H13F2N3O2. The first-order valence-corrected chi connectivity index (χ1v) is 5.98. The van der Waals surface area contributed by atoms with Crippen molar-refractivity contribution in [1.82, 2.24) is 9.78 Å². The molecule has 0 saturated heterocycles. The number of carbonyl (C=O) groups is 1. The maximum absolute atomic E-state index is 12.3. The summed E-state index contributed by atoms with van der Waals surface area (Å²) in [6.45, 7) is -0.425. The lowest BCUT2D eigenvalue weighted by Crippen LogP contribution is -2.15. The number of carbonyl (C=O) groups excluding carboxylic acids is 1. The van der Waals surface area contributed by atoms with Gasteiger partial charge in [0.15, 0.2) is 5.69 Å². The summed E-state index contributed by atoms with van der Waals surface area (Å²) in [5.41, 5.74) is 0.377. The normalized spacial score (nSPS) is 10.6. The molecule has 1 aromatic heterocycles. The van der Waals surface area contributed by atoms with Crippen molar-refractivity contribution in [3.8, 4) is 5.75 Å². The second-order valence-electron chi connectivity index (χ2n) is 3.89. The van der Waals surface area contributed by atoms with Crippen molar-refractivity contribution >= 4 is 11.6 Å². The summed E-state index contributed by atoms with van der Waals surface area (Å²) < 4.78 is 30.4. The minimum absolute atomic E-state index is 0.0919. The van der Waals surface area contributed by atoms with E-state index in [4.69, 9.17) is 0 Å². The van der Waals surface area contributed by atoms with Crippen LogP contribution in [0.25, 0.3) is 0 Å². The summed E-state index contributed by atoms with van der Waals surface area (Å²) in [6, 6.07) is 7.53. The van der Waals surface area contributed by atoms with E-state index in [2.05, 4.69) is 15.2 Å². The van der Waals surface area contributed by atoms with Crippen LogP contribution in [0.5, 0.6) is 5.75 Å². The largest absolute Gasteiger partial charge is 0.433 e. The van der Waals surface area contributed by atoms with Gasteiger partial charge in [0.1, 0.15) is 5.75 Å². The fourth-order valence-electron chi connectivity index (χ4n) is 1.61. The number of aromatic nitrogens is 2. The molecule has 2 aromatic rings. The number of halogens is 2. The minimum atomic E-state index is -2.95. The Kier molecular flexibility index (Phi) is 4.29. The van der Waals surface area contributed by atoms with Gasteiger partial charge in [0, 0.05) is 12.7 Å². The molecule has 1 aromatic carbocycles. The molecule has 1 N–H and O–H groups in total. The van der Waals surface area contributed by atoms with Crippen LogP contribution < -0.4 is 10.1 Å². The number of amides is 1. The monoisotopic (exact) mass is 281 g/mol. The molecule has 0 fully saturated rings. The standard InChI is InChI=1S/C13H13F2N3O2/c1-2-18-8-7-10(17-18)12(19)16-9-5-3-4-6-11(9)20-13(14)15/h3-8,13H,2H2,1H3,(H,16,19). The van der Waals surface area contributed by atoms with Crippen LogP contribution in [-0.4, -0.2) is 22.3 Å². The number of hydrogen-bond donors (Lipinski definition) is 1. The molecule has 0 aliphatic rings. The average molecular weight is 281 g/mol. The molecule has 0 spiro atoms. The van der Waals surface area contributed by atoms with Gasteiger partial charge in [-0.3, -0.25) is 9.48 Å². The van der Waals surface area contributed by atoms with E-state index in [1.807, 2.05) is 6.92 Å². The quantitative estimate of drug-likeness (QED) is 0.916. The fraction of sp³-hybridized carbons (Fsp3) is 0.231. The van der Waals surface area contributed by atoms with Crippen LogP contribution in [0, 0.1) is 0 Å². The topological polar surface area (TPSA) is 56.2 Å². The molecule has 5 nitrogen and oxygen atoms in total. The Balaban J connectivity index is 2.15. The molecule has 0 aliphatic heterocycles. The summed E-state index contributed by atoms with van der Waals surface area (Å²) in [4.78, 5) is 12.0. The van der Waals surface area contributed by atoms with Gasteiger partial charge in [-0.05, 0) is 25.1 Å². The molecule has 0 bridgehead atoms. The van der Waals surface area contributed by atoms with Crippen molar-refractivity contribution in [2.75, 3.05) is 5.32 Å². The maximum Gasteiger partial charge on any atom is 0.387 e. The van der Waals surface area contributed by atoms with Crippen LogP contribution in [0.15, 0.2) is 36.5 Å². The van der Waals surface area contributed by atoms with Crippen molar-refractivity contribution in [2.24, 2.45) is 0 Å². The maximum atomic E-state index is 12.3. The van der Waals surface area contributed by atoms with Crippen molar-refractivity contribution in [2.45, 2.75) is 20.1 Å². The molecule has 1 amide bonds. The van der Waals surface area contributed by atoms with Gasteiger partial charge in [0.05, 0.1) is 5.69 Å². The lowest BCUT2D eigenvalue weighted by molar-refractivity contribution is -0.0493. The highest BCUT2D eigenvalue weighted by atomic mass is 19.3. The van der Waals surface area contributed by atoms with Crippen molar-refractivity contribution in [3.05, 3.63) is 42.2 Å². The van der Waals surface area contributed by atoms with Crippen LogP contribution in [0.2, 0.25) is 0 Å². The predicted molar refractivity (Wildman–Crippen MR) is 68.9 cm³/mol. The fourth-order valence-corrected chi connectivity index (χ4v) is 1.61. The molecule has 0 atom stereocenters. The third-order valence-corrected chi connectivity index (χ3v) is 2.55. The van der Waals surface area contributed by atoms with Crippen LogP contribution >= 0.6 is 0 Å². The van der Waals surface area contributed by atoms with E-state index in [-0.39, 0.29) is 17.1 Å². The summed E-state index contributed by atoms with van der Waals surface area (Å²) in [6.07, 6.45) is 1.66. The Morgan fingerprint density at radius 3 is 2.80 bits per heavy atom. The lowest BCUT2D eigenvalue weighted by atomic mass is 10.3. The van der Waals surface area contributed by atoms with Crippen LogP contribution in [0.1, 0.15) is 17.4 Å². The Bertz CT molecular complexity index is 599. The van der Waals surface area contributed by atoms with Crippen LogP contribution in [0.4, 0.5) is 14.5 Å². The number of aryl methyl sites for hydroxylation is 1. The molecular weight excluding hydrogens is 268 g/mol. The number of rotatable bonds is 5. The van der Waals surface area contributed by atoms with E-state index in [1.54, 1.807) is 29.1 Å². The van der Waals surface area contributed by atoms with Gasteiger partial charge in [0.25, 0.3) is 5.91 Å². The third-order valence-electron chi connectivity index (χ3n) is 2.55. The van der Waals surface area contributed by atoms with Crippen molar-refractivity contribution < 1.29 is 18.3 Å². The van der Waals surface area contributed by atoms with Gasteiger partial charge < -0.3 is 10.1 Å². The second-order valence-corrected chi connectivity index (χ2v) is 3.89. The van der Waals surface area contributed by atoms with E-state index in [0.29, 0.717) is 6.54 Å². The van der Waals surface area contributed by atoms with Crippen molar-refractivity contribution in [3.63, 3.8) is 0 Å². The van der Waals surface area contributed by atoms with E-state index in [9.17, 15) is 13.6 Å². The van der Waals surface area contributed by atoms with E-state index in [1.165, 1.54) is 12.1 Å². The molecule has 0 saturated carbocycles. The Morgan fingerprint density at radius 1 is 1.40 bits per heavy atom. The predicted octanol–water partition coefficient (Wildman–Crippen LogP) is 2.76. The Labute approximate surface area is 114 Å². The first-order chi connectivity index (χ1) is 9.60. The number of nitrogens with one attached hydrogen (secondary N) is 1. The number of nitrogens with zero attached hydrogens (tertiary/aromatic N) is 2. The van der Waals surface area contributed by atoms with Crippen LogP contribution in [-0.2, 0) is 6.54 Å².